The van der Waals surface area contributed by atoms with Crippen molar-refractivity contribution < 1.29 is 14.0 Å². The van der Waals surface area contributed by atoms with Crippen molar-refractivity contribution in [2.45, 2.75) is 31.8 Å². The smallest absolute Gasteiger partial charge is 0.239 e. The first-order chi connectivity index (χ1) is 13.0. The van der Waals surface area contributed by atoms with E-state index in [0.29, 0.717) is 19.5 Å². The highest BCUT2D eigenvalue weighted by Crippen LogP contribution is 2.33. The van der Waals surface area contributed by atoms with Gasteiger partial charge in [0.2, 0.25) is 11.8 Å². The normalized spacial score (nSPS) is 19.4. The highest BCUT2D eigenvalue weighted by atomic mass is 79.9. The van der Waals surface area contributed by atoms with Crippen LogP contribution in [0, 0.1) is 11.7 Å². The second-order valence-corrected chi connectivity index (χ2v) is 8.05. The predicted octanol–water partition coefficient (Wildman–Crippen LogP) is 4.13. The van der Waals surface area contributed by atoms with E-state index in [2.05, 4.69) is 15.9 Å². The van der Waals surface area contributed by atoms with E-state index in [1.807, 2.05) is 30.3 Å². The van der Waals surface area contributed by atoms with Crippen LogP contribution < -0.4 is 4.90 Å². The average molecular weight is 431 g/mol. The van der Waals surface area contributed by atoms with Gasteiger partial charge in [-0.1, -0.05) is 34.1 Å². The zero-order valence-corrected chi connectivity index (χ0v) is 16.4. The third-order valence-corrected chi connectivity index (χ3v) is 5.63. The summed E-state index contributed by atoms with van der Waals surface area (Å²) in [7, 11) is 0. The van der Waals surface area contributed by atoms with Crippen LogP contribution in [-0.2, 0) is 16.1 Å². The van der Waals surface area contributed by atoms with Gasteiger partial charge in [0.05, 0.1) is 0 Å². The lowest BCUT2D eigenvalue weighted by Gasteiger charge is -2.25. The number of benzene rings is 2. The van der Waals surface area contributed by atoms with Gasteiger partial charge >= 0.3 is 0 Å². The van der Waals surface area contributed by atoms with Crippen molar-refractivity contribution in [1.29, 1.82) is 0 Å². The average Bonchev–Trinajstić information content (AvgIpc) is 3.41. The molecule has 1 aliphatic carbocycles. The number of nitrogens with zero attached hydrogens (tertiary/aromatic N) is 2. The molecule has 2 aromatic rings. The molecule has 0 aromatic heterocycles. The molecular weight excluding hydrogens is 411 g/mol. The zero-order valence-electron chi connectivity index (χ0n) is 14.8. The fraction of sp³-hybridized carbons (Fsp3) is 0.333. The highest BCUT2D eigenvalue weighted by Gasteiger charge is 2.43. The molecule has 2 aliphatic rings. The summed E-state index contributed by atoms with van der Waals surface area (Å²) in [6.45, 7) is 0.881. The fourth-order valence-electron chi connectivity index (χ4n) is 3.61. The summed E-state index contributed by atoms with van der Waals surface area (Å²) in [4.78, 5) is 29.5. The molecule has 0 N–H and O–H groups in total. The molecule has 2 amide bonds. The van der Waals surface area contributed by atoms with Gasteiger partial charge in [0.15, 0.2) is 0 Å². The molecule has 1 saturated heterocycles. The molecule has 0 radical (unpaired) electrons. The Bertz CT molecular complexity index is 884. The Kier molecular flexibility index (Phi) is 5.00. The van der Waals surface area contributed by atoms with Crippen molar-refractivity contribution in [2.24, 2.45) is 5.92 Å². The maximum Gasteiger partial charge on any atom is 0.239 e. The standard InChI is InChI=1S/C21H20BrFN2O2/c22-15-4-2-6-18(12-15)24-10-9-19(20(24)26)21(27)25(17-7-8-17)13-14-3-1-5-16(23)11-14/h1-6,11-12,17,19H,7-10,13H2. The number of halogens is 2. The lowest BCUT2D eigenvalue weighted by molar-refractivity contribution is -0.140. The lowest BCUT2D eigenvalue weighted by atomic mass is 10.1. The van der Waals surface area contributed by atoms with Crippen molar-refractivity contribution in [2.75, 3.05) is 11.4 Å². The van der Waals surface area contributed by atoms with Crippen LogP contribution in [0.25, 0.3) is 0 Å². The predicted molar refractivity (Wildman–Crippen MR) is 105 cm³/mol. The van der Waals surface area contributed by atoms with Gasteiger partial charge in [-0.05, 0) is 55.2 Å². The van der Waals surface area contributed by atoms with Gasteiger partial charge < -0.3 is 9.80 Å². The Labute approximate surface area is 166 Å². The topological polar surface area (TPSA) is 40.6 Å². The Balaban J connectivity index is 1.51. The van der Waals surface area contributed by atoms with Gasteiger partial charge in [-0.2, -0.15) is 0 Å². The Morgan fingerprint density at radius 2 is 1.93 bits per heavy atom. The molecule has 140 valence electrons. The minimum absolute atomic E-state index is 0.135. The SMILES string of the molecule is O=C1C(C(=O)N(Cc2cccc(F)c2)C2CC2)CCN1c1cccc(Br)c1. The molecule has 4 nitrogen and oxygen atoms in total. The number of carbonyl (C=O) groups is 2. The third-order valence-electron chi connectivity index (χ3n) is 5.14. The number of anilines is 1. The number of rotatable bonds is 5. The number of amides is 2. The molecule has 4 rings (SSSR count). The Morgan fingerprint density at radius 3 is 2.63 bits per heavy atom. The summed E-state index contributed by atoms with van der Waals surface area (Å²) in [5.74, 6) is -1.25. The molecule has 0 spiro atoms. The van der Waals surface area contributed by atoms with Gasteiger partial charge in [-0.3, -0.25) is 9.59 Å². The second kappa shape index (κ2) is 7.43. The summed E-state index contributed by atoms with van der Waals surface area (Å²) in [6, 6.07) is 14.0. The molecule has 1 aliphatic heterocycles. The van der Waals surface area contributed by atoms with E-state index < -0.39 is 5.92 Å². The molecule has 1 saturated carbocycles. The molecule has 0 bridgehead atoms. The maximum atomic E-state index is 13.5. The van der Waals surface area contributed by atoms with E-state index in [0.717, 1.165) is 28.6 Å². The first kappa shape index (κ1) is 18.2. The minimum atomic E-state index is -0.654. The van der Waals surface area contributed by atoms with Gasteiger partial charge in [-0.25, -0.2) is 4.39 Å². The van der Waals surface area contributed by atoms with Crippen LogP contribution in [-0.4, -0.2) is 29.3 Å². The monoisotopic (exact) mass is 430 g/mol. The molecule has 1 unspecified atom stereocenters. The van der Waals surface area contributed by atoms with E-state index in [9.17, 15) is 14.0 Å². The second-order valence-electron chi connectivity index (χ2n) is 7.14. The quantitative estimate of drug-likeness (QED) is 0.668. The molecular formula is C21H20BrFN2O2. The van der Waals surface area contributed by atoms with Gasteiger partial charge in [0, 0.05) is 29.3 Å². The van der Waals surface area contributed by atoms with Crippen LogP contribution in [0.5, 0.6) is 0 Å². The largest absolute Gasteiger partial charge is 0.335 e. The molecule has 1 atom stereocenters. The summed E-state index contributed by atoms with van der Waals surface area (Å²) in [6.07, 6.45) is 2.39. The van der Waals surface area contributed by atoms with E-state index in [-0.39, 0.29) is 23.7 Å². The van der Waals surface area contributed by atoms with Gasteiger partial charge in [-0.15, -0.1) is 0 Å². The van der Waals surface area contributed by atoms with Gasteiger partial charge in [0.25, 0.3) is 0 Å². The first-order valence-electron chi connectivity index (χ1n) is 9.15. The highest BCUT2D eigenvalue weighted by molar-refractivity contribution is 9.10. The van der Waals surface area contributed by atoms with Crippen molar-refractivity contribution in [3.05, 3.63) is 64.4 Å². The minimum Gasteiger partial charge on any atom is -0.335 e. The van der Waals surface area contributed by atoms with Crippen LogP contribution in [0.15, 0.2) is 53.0 Å². The van der Waals surface area contributed by atoms with Gasteiger partial charge in [0.1, 0.15) is 11.7 Å². The van der Waals surface area contributed by atoms with Crippen LogP contribution in [0.2, 0.25) is 0 Å². The molecule has 6 heteroatoms. The Hall–Kier alpha value is -2.21. The van der Waals surface area contributed by atoms with E-state index >= 15 is 0 Å². The van der Waals surface area contributed by atoms with Crippen molar-refractivity contribution >= 4 is 33.4 Å². The molecule has 1 heterocycles. The van der Waals surface area contributed by atoms with E-state index in [4.69, 9.17) is 0 Å². The van der Waals surface area contributed by atoms with E-state index in [1.165, 1.54) is 12.1 Å². The molecule has 27 heavy (non-hydrogen) atoms. The number of hydrogen-bond donors (Lipinski definition) is 0. The van der Waals surface area contributed by atoms with Crippen LogP contribution in [0.4, 0.5) is 10.1 Å². The van der Waals surface area contributed by atoms with Crippen molar-refractivity contribution in [1.82, 2.24) is 4.90 Å². The first-order valence-corrected chi connectivity index (χ1v) is 9.94. The van der Waals surface area contributed by atoms with Crippen LogP contribution in [0.3, 0.4) is 0 Å². The fourth-order valence-corrected chi connectivity index (χ4v) is 4.00. The molecule has 2 aromatic carbocycles. The van der Waals surface area contributed by atoms with Crippen LogP contribution in [0.1, 0.15) is 24.8 Å². The summed E-state index contributed by atoms with van der Waals surface area (Å²) in [5.41, 5.74) is 1.55. The number of carbonyl (C=O) groups excluding carboxylic acids is 2. The third kappa shape index (κ3) is 3.90. The van der Waals surface area contributed by atoms with E-state index in [1.54, 1.807) is 15.9 Å². The lowest BCUT2D eigenvalue weighted by Crippen LogP contribution is -2.41. The Morgan fingerprint density at radius 1 is 1.15 bits per heavy atom. The number of hydrogen-bond acceptors (Lipinski definition) is 2. The zero-order chi connectivity index (χ0) is 19.0. The summed E-state index contributed by atoms with van der Waals surface area (Å²) in [5, 5.41) is 0. The summed E-state index contributed by atoms with van der Waals surface area (Å²) < 4.78 is 14.4. The van der Waals surface area contributed by atoms with Crippen molar-refractivity contribution in [3.8, 4) is 0 Å². The van der Waals surface area contributed by atoms with Crippen LogP contribution >= 0.6 is 15.9 Å². The van der Waals surface area contributed by atoms with Crippen molar-refractivity contribution in [3.63, 3.8) is 0 Å². The molecule has 2 fully saturated rings. The maximum absolute atomic E-state index is 13.5. The summed E-state index contributed by atoms with van der Waals surface area (Å²) >= 11 is 3.42.